The first-order valence-electron chi connectivity index (χ1n) is 11.2. The minimum atomic E-state index is -0.434. The number of aromatic amines is 1. The standard InChI is InChI=1S/C26H22N4O4/c31-24-13-17(15-30(24)19-9-10-22-23(14-19)34-12-11-33-22)26(32)27-18-7-5-16(6-8-18)25-28-20-3-1-2-4-21(20)29-25/h1-10,14,17H,11-13,15H2,(H,27,32)(H,28,29)/t17-/m0/s1. The summed E-state index contributed by atoms with van der Waals surface area (Å²) in [5, 5.41) is 2.94. The second-order valence-electron chi connectivity index (χ2n) is 8.40. The summed E-state index contributed by atoms with van der Waals surface area (Å²) >= 11 is 0. The van der Waals surface area contributed by atoms with Crippen molar-refractivity contribution >= 4 is 34.2 Å². The highest BCUT2D eigenvalue weighted by Crippen LogP contribution is 2.36. The monoisotopic (exact) mass is 454 g/mol. The van der Waals surface area contributed by atoms with E-state index in [9.17, 15) is 9.59 Å². The molecule has 1 fully saturated rings. The van der Waals surface area contributed by atoms with E-state index >= 15 is 0 Å². The second kappa shape index (κ2) is 8.22. The molecule has 6 rings (SSSR count). The Balaban J connectivity index is 1.13. The van der Waals surface area contributed by atoms with Crippen LogP contribution in [0.15, 0.2) is 66.7 Å². The smallest absolute Gasteiger partial charge is 0.229 e. The zero-order valence-electron chi connectivity index (χ0n) is 18.3. The normalized spacial score (nSPS) is 17.2. The molecule has 1 aromatic heterocycles. The number of benzene rings is 3. The van der Waals surface area contributed by atoms with Gasteiger partial charge >= 0.3 is 0 Å². The van der Waals surface area contributed by atoms with Crippen molar-refractivity contribution in [1.82, 2.24) is 9.97 Å². The highest BCUT2D eigenvalue weighted by atomic mass is 16.6. The fraction of sp³-hybridized carbons (Fsp3) is 0.192. The number of amides is 2. The van der Waals surface area contributed by atoms with Gasteiger partial charge in [-0.2, -0.15) is 0 Å². The molecule has 0 unspecified atom stereocenters. The van der Waals surface area contributed by atoms with E-state index in [1.807, 2.05) is 54.6 Å². The number of hydrogen-bond donors (Lipinski definition) is 2. The van der Waals surface area contributed by atoms with Gasteiger partial charge < -0.3 is 24.7 Å². The van der Waals surface area contributed by atoms with Crippen LogP contribution in [-0.4, -0.2) is 41.5 Å². The van der Waals surface area contributed by atoms with Crippen molar-refractivity contribution < 1.29 is 19.1 Å². The van der Waals surface area contributed by atoms with Crippen LogP contribution in [0.4, 0.5) is 11.4 Å². The maximum atomic E-state index is 12.9. The Kier molecular flexibility index (Phi) is 4.91. The lowest BCUT2D eigenvalue weighted by atomic mass is 10.1. The van der Waals surface area contributed by atoms with Gasteiger partial charge in [0.15, 0.2) is 11.5 Å². The summed E-state index contributed by atoms with van der Waals surface area (Å²) in [4.78, 5) is 35.1. The van der Waals surface area contributed by atoms with Crippen LogP contribution >= 0.6 is 0 Å². The van der Waals surface area contributed by atoms with Gasteiger partial charge in [-0.25, -0.2) is 4.98 Å². The number of hydrogen-bond acceptors (Lipinski definition) is 5. The van der Waals surface area contributed by atoms with E-state index in [0.717, 1.165) is 22.4 Å². The third-order valence-electron chi connectivity index (χ3n) is 6.15. The van der Waals surface area contributed by atoms with E-state index in [1.165, 1.54) is 0 Å². The Morgan fingerprint density at radius 3 is 2.62 bits per heavy atom. The number of nitrogens with one attached hydrogen (secondary N) is 2. The summed E-state index contributed by atoms with van der Waals surface area (Å²) in [7, 11) is 0. The van der Waals surface area contributed by atoms with E-state index in [1.54, 1.807) is 17.0 Å². The zero-order valence-corrected chi connectivity index (χ0v) is 18.3. The summed E-state index contributed by atoms with van der Waals surface area (Å²) in [6.45, 7) is 1.31. The van der Waals surface area contributed by atoms with Crippen molar-refractivity contribution in [1.29, 1.82) is 0 Å². The fourth-order valence-corrected chi connectivity index (χ4v) is 4.38. The van der Waals surface area contributed by atoms with Gasteiger partial charge in [-0.15, -0.1) is 0 Å². The third kappa shape index (κ3) is 3.73. The van der Waals surface area contributed by atoms with Crippen molar-refractivity contribution in [2.75, 3.05) is 30.0 Å². The SMILES string of the molecule is O=C(Nc1ccc(-c2nc3ccccc3[nH]2)cc1)[C@H]1CC(=O)N(c2ccc3c(c2)OCCO3)C1. The topological polar surface area (TPSA) is 96.5 Å². The zero-order chi connectivity index (χ0) is 23.1. The quantitative estimate of drug-likeness (QED) is 0.486. The van der Waals surface area contributed by atoms with Crippen molar-refractivity contribution in [3.63, 3.8) is 0 Å². The summed E-state index contributed by atoms with van der Waals surface area (Å²) < 4.78 is 11.2. The molecule has 4 aromatic rings. The number of imidazole rings is 1. The van der Waals surface area contributed by atoms with Gasteiger partial charge in [0.1, 0.15) is 19.0 Å². The lowest BCUT2D eigenvalue weighted by Gasteiger charge is -2.22. The van der Waals surface area contributed by atoms with E-state index in [0.29, 0.717) is 42.6 Å². The summed E-state index contributed by atoms with van der Waals surface area (Å²) in [5.74, 6) is 1.37. The lowest BCUT2D eigenvalue weighted by Crippen LogP contribution is -2.28. The first-order valence-corrected chi connectivity index (χ1v) is 11.2. The van der Waals surface area contributed by atoms with Crippen LogP contribution in [0.5, 0.6) is 11.5 Å². The molecule has 0 radical (unpaired) electrons. The van der Waals surface area contributed by atoms with E-state index in [4.69, 9.17) is 9.47 Å². The molecule has 8 heteroatoms. The molecular formula is C26H22N4O4. The molecule has 0 aliphatic carbocycles. The first-order chi connectivity index (χ1) is 16.6. The number of fused-ring (bicyclic) bond motifs is 2. The van der Waals surface area contributed by atoms with E-state index < -0.39 is 5.92 Å². The third-order valence-corrected chi connectivity index (χ3v) is 6.15. The predicted molar refractivity (Wildman–Crippen MR) is 128 cm³/mol. The number of anilines is 2. The van der Waals surface area contributed by atoms with Crippen LogP contribution in [0.25, 0.3) is 22.4 Å². The number of carbonyl (C=O) groups excluding carboxylic acids is 2. The highest BCUT2D eigenvalue weighted by Gasteiger charge is 2.35. The number of rotatable bonds is 4. The molecule has 2 aliphatic heterocycles. The minimum absolute atomic E-state index is 0.0861. The van der Waals surface area contributed by atoms with Crippen LogP contribution in [0.1, 0.15) is 6.42 Å². The van der Waals surface area contributed by atoms with Gasteiger partial charge in [-0.05, 0) is 48.5 Å². The molecule has 0 saturated carbocycles. The molecule has 0 bridgehead atoms. The molecule has 170 valence electrons. The molecule has 1 saturated heterocycles. The Bertz CT molecular complexity index is 1360. The number of H-pyrrole nitrogens is 1. The maximum absolute atomic E-state index is 12.9. The summed E-state index contributed by atoms with van der Waals surface area (Å²) in [6.07, 6.45) is 0.164. The van der Waals surface area contributed by atoms with Gasteiger partial charge in [0, 0.05) is 36.0 Å². The lowest BCUT2D eigenvalue weighted by molar-refractivity contribution is -0.122. The number of nitrogens with zero attached hydrogens (tertiary/aromatic N) is 2. The largest absolute Gasteiger partial charge is 0.486 e. The molecular weight excluding hydrogens is 432 g/mol. The van der Waals surface area contributed by atoms with E-state index in [-0.39, 0.29) is 18.2 Å². The van der Waals surface area contributed by atoms with Crippen LogP contribution in [0.2, 0.25) is 0 Å². The summed E-state index contributed by atoms with van der Waals surface area (Å²) in [5.41, 5.74) is 4.19. The fourth-order valence-electron chi connectivity index (χ4n) is 4.38. The van der Waals surface area contributed by atoms with Crippen molar-refractivity contribution in [3.05, 3.63) is 66.7 Å². The van der Waals surface area contributed by atoms with Gasteiger partial charge in [-0.3, -0.25) is 9.59 Å². The van der Waals surface area contributed by atoms with Crippen LogP contribution in [0.3, 0.4) is 0 Å². The van der Waals surface area contributed by atoms with Gasteiger partial charge in [-0.1, -0.05) is 12.1 Å². The molecule has 2 N–H and O–H groups in total. The Labute approximate surface area is 195 Å². The molecule has 0 spiro atoms. The van der Waals surface area contributed by atoms with Gasteiger partial charge in [0.25, 0.3) is 0 Å². The molecule has 1 atom stereocenters. The molecule has 2 aliphatic rings. The van der Waals surface area contributed by atoms with Crippen LogP contribution in [0, 0.1) is 5.92 Å². The Hall–Kier alpha value is -4.33. The van der Waals surface area contributed by atoms with Crippen molar-refractivity contribution in [2.45, 2.75) is 6.42 Å². The molecule has 8 nitrogen and oxygen atoms in total. The number of carbonyl (C=O) groups is 2. The Morgan fingerprint density at radius 1 is 1.00 bits per heavy atom. The van der Waals surface area contributed by atoms with Crippen LogP contribution < -0.4 is 19.7 Å². The second-order valence-corrected chi connectivity index (χ2v) is 8.40. The number of para-hydroxylation sites is 2. The number of aromatic nitrogens is 2. The maximum Gasteiger partial charge on any atom is 0.229 e. The molecule has 3 aromatic carbocycles. The predicted octanol–water partition coefficient (Wildman–Crippen LogP) is 3.99. The Morgan fingerprint density at radius 2 is 1.79 bits per heavy atom. The summed E-state index contributed by atoms with van der Waals surface area (Å²) in [6, 6.07) is 20.8. The first kappa shape index (κ1) is 20.3. The van der Waals surface area contributed by atoms with E-state index in [2.05, 4.69) is 15.3 Å². The minimum Gasteiger partial charge on any atom is -0.486 e. The average molecular weight is 454 g/mol. The van der Waals surface area contributed by atoms with Crippen molar-refractivity contribution in [2.24, 2.45) is 5.92 Å². The number of ether oxygens (including phenoxy) is 2. The van der Waals surface area contributed by atoms with Gasteiger partial charge in [0.05, 0.1) is 17.0 Å². The molecule has 2 amide bonds. The highest BCUT2D eigenvalue weighted by molar-refractivity contribution is 6.03. The van der Waals surface area contributed by atoms with Crippen molar-refractivity contribution in [3.8, 4) is 22.9 Å². The van der Waals surface area contributed by atoms with Crippen LogP contribution in [-0.2, 0) is 9.59 Å². The molecule has 3 heterocycles. The van der Waals surface area contributed by atoms with Gasteiger partial charge in [0.2, 0.25) is 11.8 Å². The average Bonchev–Trinajstić information content (AvgIpc) is 3.48. The molecule has 34 heavy (non-hydrogen) atoms.